The van der Waals surface area contributed by atoms with Crippen LogP contribution in [0.4, 0.5) is 0 Å². The van der Waals surface area contributed by atoms with Crippen LogP contribution < -0.4 is 10.5 Å². The number of phenols is 1. The van der Waals surface area contributed by atoms with E-state index in [1.54, 1.807) is 6.07 Å². The van der Waals surface area contributed by atoms with Gasteiger partial charge in [0.05, 0.1) is 6.61 Å². The maximum Gasteiger partial charge on any atom is 0.199 e. The zero-order valence-electron chi connectivity index (χ0n) is 11.5. The summed E-state index contributed by atoms with van der Waals surface area (Å²) in [6.07, 6.45) is 4.52. The van der Waals surface area contributed by atoms with E-state index in [9.17, 15) is 5.11 Å². The Balaban J connectivity index is 1.97. The summed E-state index contributed by atoms with van der Waals surface area (Å²) in [5.41, 5.74) is 6.77. The molecule has 2 unspecified atom stereocenters. The van der Waals surface area contributed by atoms with E-state index < -0.39 is 0 Å². The van der Waals surface area contributed by atoms with Crippen LogP contribution in [-0.4, -0.2) is 24.0 Å². The molecular weight excluding hydrogens is 242 g/mol. The van der Waals surface area contributed by atoms with Gasteiger partial charge in [-0.2, -0.15) is 0 Å². The lowest BCUT2D eigenvalue weighted by atomic mass is 10.0. The number of ether oxygens (including phenoxy) is 2. The zero-order chi connectivity index (χ0) is 13.7. The van der Waals surface area contributed by atoms with Crippen molar-refractivity contribution in [2.24, 2.45) is 5.73 Å². The average molecular weight is 265 g/mol. The van der Waals surface area contributed by atoms with E-state index in [2.05, 4.69) is 0 Å². The fraction of sp³-hybridized carbons (Fsp3) is 0.600. The SMILES string of the molecule is CCC(N)Cc1ccc(OC2CCCCO2)cc1O. The first-order valence-electron chi connectivity index (χ1n) is 7.04. The van der Waals surface area contributed by atoms with E-state index in [-0.39, 0.29) is 18.1 Å². The largest absolute Gasteiger partial charge is 0.508 e. The molecule has 0 aromatic heterocycles. The smallest absolute Gasteiger partial charge is 0.199 e. The number of hydrogen-bond donors (Lipinski definition) is 2. The van der Waals surface area contributed by atoms with Gasteiger partial charge < -0.3 is 20.3 Å². The van der Waals surface area contributed by atoms with Crippen LogP contribution in [0.3, 0.4) is 0 Å². The molecule has 106 valence electrons. The van der Waals surface area contributed by atoms with Crippen molar-refractivity contribution < 1.29 is 14.6 Å². The first-order chi connectivity index (χ1) is 9.19. The summed E-state index contributed by atoms with van der Waals surface area (Å²) in [6, 6.07) is 5.48. The van der Waals surface area contributed by atoms with E-state index in [1.165, 1.54) is 0 Å². The first kappa shape index (κ1) is 14.2. The van der Waals surface area contributed by atoms with Crippen molar-refractivity contribution in [3.05, 3.63) is 23.8 Å². The topological polar surface area (TPSA) is 64.7 Å². The molecule has 2 rings (SSSR count). The van der Waals surface area contributed by atoms with Crippen molar-refractivity contribution in [1.82, 2.24) is 0 Å². The molecule has 1 aliphatic rings. The molecule has 1 heterocycles. The monoisotopic (exact) mass is 265 g/mol. The molecule has 0 amide bonds. The van der Waals surface area contributed by atoms with E-state index in [4.69, 9.17) is 15.2 Å². The Morgan fingerprint density at radius 3 is 2.95 bits per heavy atom. The fourth-order valence-electron chi connectivity index (χ4n) is 2.17. The number of rotatable bonds is 5. The van der Waals surface area contributed by atoms with Crippen LogP contribution in [0, 0.1) is 0 Å². The molecule has 2 atom stereocenters. The standard InChI is InChI=1S/C15H23NO3/c1-2-12(16)9-11-6-7-13(10-14(11)17)19-15-5-3-4-8-18-15/h6-7,10,12,15,17H,2-5,8-9,16H2,1H3. The Bertz CT molecular complexity index is 402. The Hall–Kier alpha value is -1.26. The second-order valence-electron chi connectivity index (χ2n) is 5.08. The van der Waals surface area contributed by atoms with Crippen LogP contribution in [0.5, 0.6) is 11.5 Å². The van der Waals surface area contributed by atoms with Crippen molar-refractivity contribution in [2.45, 2.75) is 51.4 Å². The van der Waals surface area contributed by atoms with Crippen molar-refractivity contribution in [2.75, 3.05) is 6.61 Å². The molecule has 1 aliphatic heterocycles. The Morgan fingerprint density at radius 1 is 1.47 bits per heavy atom. The normalized spacial score (nSPS) is 21.1. The molecule has 3 N–H and O–H groups in total. The zero-order valence-corrected chi connectivity index (χ0v) is 11.5. The Morgan fingerprint density at radius 2 is 2.32 bits per heavy atom. The maximum absolute atomic E-state index is 9.99. The predicted octanol–water partition coefficient (Wildman–Crippen LogP) is 2.58. The molecule has 19 heavy (non-hydrogen) atoms. The van der Waals surface area contributed by atoms with Gasteiger partial charge in [-0.05, 0) is 37.3 Å². The second-order valence-corrected chi connectivity index (χ2v) is 5.08. The van der Waals surface area contributed by atoms with E-state index in [0.29, 0.717) is 12.2 Å². The van der Waals surface area contributed by atoms with Gasteiger partial charge in [0.2, 0.25) is 0 Å². The number of benzene rings is 1. The fourth-order valence-corrected chi connectivity index (χ4v) is 2.17. The summed E-state index contributed by atoms with van der Waals surface area (Å²) in [5, 5.41) is 9.99. The molecule has 0 aliphatic carbocycles. The van der Waals surface area contributed by atoms with Gasteiger partial charge in [-0.1, -0.05) is 13.0 Å². The maximum atomic E-state index is 9.99. The highest BCUT2D eigenvalue weighted by Crippen LogP contribution is 2.27. The van der Waals surface area contributed by atoms with Gasteiger partial charge in [0.15, 0.2) is 6.29 Å². The highest BCUT2D eigenvalue weighted by molar-refractivity contribution is 5.40. The van der Waals surface area contributed by atoms with Crippen LogP contribution in [-0.2, 0) is 11.2 Å². The van der Waals surface area contributed by atoms with Crippen LogP contribution in [0.15, 0.2) is 18.2 Å². The third-order valence-electron chi connectivity index (χ3n) is 3.47. The number of nitrogens with two attached hydrogens (primary N) is 1. The number of hydrogen-bond acceptors (Lipinski definition) is 4. The quantitative estimate of drug-likeness (QED) is 0.859. The summed E-state index contributed by atoms with van der Waals surface area (Å²) in [4.78, 5) is 0. The number of aromatic hydroxyl groups is 1. The lowest BCUT2D eigenvalue weighted by Crippen LogP contribution is -2.25. The minimum atomic E-state index is -0.183. The van der Waals surface area contributed by atoms with Crippen LogP contribution in [0.1, 0.15) is 38.2 Å². The summed E-state index contributed by atoms with van der Waals surface area (Å²) < 4.78 is 11.2. The minimum Gasteiger partial charge on any atom is -0.508 e. The van der Waals surface area contributed by atoms with Gasteiger partial charge in [-0.25, -0.2) is 0 Å². The van der Waals surface area contributed by atoms with Crippen LogP contribution in [0.25, 0.3) is 0 Å². The highest BCUT2D eigenvalue weighted by atomic mass is 16.7. The van der Waals surface area contributed by atoms with Gasteiger partial charge in [-0.3, -0.25) is 0 Å². The Kier molecular flexibility index (Phi) is 5.05. The van der Waals surface area contributed by atoms with Crippen molar-refractivity contribution in [1.29, 1.82) is 0 Å². The lowest BCUT2D eigenvalue weighted by molar-refractivity contribution is -0.105. The summed E-state index contributed by atoms with van der Waals surface area (Å²) in [5.74, 6) is 0.899. The van der Waals surface area contributed by atoms with Gasteiger partial charge >= 0.3 is 0 Å². The molecule has 1 aromatic rings. The molecule has 0 saturated carbocycles. The molecule has 0 spiro atoms. The molecule has 0 bridgehead atoms. The third-order valence-corrected chi connectivity index (χ3v) is 3.47. The second kappa shape index (κ2) is 6.78. The van der Waals surface area contributed by atoms with Crippen LogP contribution in [0.2, 0.25) is 0 Å². The predicted molar refractivity (Wildman–Crippen MR) is 74.3 cm³/mol. The molecule has 0 radical (unpaired) electrons. The highest BCUT2D eigenvalue weighted by Gasteiger charge is 2.16. The van der Waals surface area contributed by atoms with Crippen LogP contribution >= 0.6 is 0 Å². The summed E-state index contributed by atoms with van der Waals surface area (Å²) in [6.45, 7) is 2.79. The van der Waals surface area contributed by atoms with Crippen molar-refractivity contribution >= 4 is 0 Å². The Labute approximate surface area is 114 Å². The number of phenolic OH excluding ortho intramolecular Hbond substituents is 1. The lowest BCUT2D eigenvalue weighted by Gasteiger charge is -2.23. The molecular formula is C15H23NO3. The van der Waals surface area contributed by atoms with Crippen molar-refractivity contribution in [3.8, 4) is 11.5 Å². The summed E-state index contributed by atoms with van der Waals surface area (Å²) >= 11 is 0. The van der Waals surface area contributed by atoms with Gasteiger partial charge in [-0.15, -0.1) is 0 Å². The van der Waals surface area contributed by atoms with E-state index >= 15 is 0 Å². The summed E-state index contributed by atoms with van der Waals surface area (Å²) in [7, 11) is 0. The first-order valence-corrected chi connectivity index (χ1v) is 7.04. The van der Waals surface area contributed by atoms with Gasteiger partial charge in [0.25, 0.3) is 0 Å². The van der Waals surface area contributed by atoms with E-state index in [0.717, 1.165) is 37.9 Å². The van der Waals surface area contributed by atoms with Gasteiger partial charge in [0.1, 0.15) is 11.5 Å². The van der Waals surface area contributed by atoms with E-state index in [1.807, 2.05) is 19.1 Å². The average Bonchev–Trinajstić information content (AvgIpc) is 2.43. The third kappa shape index (κ3) is 4.11. The molecule has 4 nitrogen and oxygen atoms in total. The van der Waals surface area contributed by atoms with Crippen molar-refractivity contribution in [3.63, 3.8) is 0 Å². The molecule has 4 heteroatoms. The molecule has 1 aromatic carbocycles. The molecule has 1 saturated heterocycles. The molecule has 1 fully saturated rings. The minimum absolute atomic E-state index is 0.0827. The van der Waals surface area contributed by atoms with Gasteiger partial charge in [0, 0.05) is 18.5 Å².